The Bertz CT molecular complexity index is 1080. The van der Waals surface area contributed by atoms with Gasteiger partial charge in [-0.25, -0.2) is 4.98 Å². The number of rotatable bonds is 7. The standard InChI is InChI=1S/C23H21F3N2O3S/c24-23(25,26)16-6-3-5-15(11-16)13-31-20-9-2-1-8-18(20)22-28-19(14-32-22)21(29)27-12-17-7-4-10-30-17/h1-3,5-6,8-9,11,14,17H,4,7,10,12-13H2,(H,27,29)/t17-/m0/s1. The smallest absolute Gasteiger partial charge is 0.416 e. The van der Waals surface area contributed by atoms with Crippen LogP contribution in [-0.4, -0.2) is 30.1 Å². The molecular formula is C23H21F3N2O3S. The van der Waals surface area contributed by atoms with E-state index < -0.39 is 11.7 Å². The summed E-state index contributed by atoms with van der Waals surface area (Å²) in [5.41, 5.74) is 0.659. The lowest BCUT2D eigenvalue weighted by Gasteiger charge is -2.12. The normalized spacial score (nSPS) is 16.2. The summed E-state index contributed by atoms with van der Waals surface area (Å²) in [5, 5.41) is 5.10. The number of nitrogens with zero attached hydrogens (tertiary/aromatic N) is 1. The molecule has 0 unspecified atom stereocenters. The number of carbonyl (C=O) groups is 1. The van der Waals surface area contributed by atoms with Gasteiger partial charge in [0.1, 0.15) is 23.1 Å². The van der Waals surface area contributed by atoms with Crippen LogP contribution in [0.15, 0.2) is 53.9 Å². The number of amides is 1. The number of thiazole rings is 1. The van der Waals surface area contributed by atoms with Crippen molar-refractivity contribution in [2.75, 3.05) is 13.2 Å². The third-order valence-electron chi connectivity index (χ3n) is 5.02. The summed E-state index contributed by atoms with van der Waals surface area (Å²) in [4.78, 5) is 16.8. The number of carbonyl (C=O) groups excluding carboxylic acids is 1. The van der Waals surface area contributed by atoms with Crippen molar-refractivity contribution in [1.29, 1.82) is 0 Å². The second-order valence-corrected chi connectivity index (χ2v) is 8.22. The van der Waals surface area contributed by atoms with Crippen molar-refractivity contribution in [3.8, 4) is 16.3 Å². The fourth-order valence-corrected chi connectivity index (χ4v) is 4.20. The van der Waals surface area contributed by atoms with E-state index in [1.54, 1.807) is 29.6 Å². The lowest BCUT2D eigenvalue weighted by molar-refractivity contribution is -0.137. The Kier molecular flexibility index (Phi) is 6.76. The number of hydrogen-bond donors (Lipinski definition) is 1. The zero-order chi connectivity index (χ0) is 22.6. The monoisotopic (exact) mass is 462 g/mol. The zero-order valence-corrected chi connectivity index (χ0v) is 17.8. The fourth-order valence-electron chi connectivity index (χ4n) is 3.37. The molecule has 5 nitrogen and oxygen atoms in total. The summed E-state index contributed by atoms with van der Waals surface area (Å²) in [6.45, 7) is 1.14. The van der Waals surface area contributed by atoms with Crippen LogP contribution in [0.5, 0.6) is 5.75 Å². The Labute approximate surface area is 187 Å². The number of ether oxygens (including phenoxy) is 2. The third-order valence-corrected chi connectivity index (χ3v) is 5.89. The van der Waals surface area contributed by atoms with Crippen molar-refractivity contribution >= 4 is 17.2 Å². The van der Waals surface area contributed by atoms with E-state index >= 15 is 0 Å². The molecule has 0 saturated carbocycles. The summed E-state index contributed by atoms with van der Waals surface area (Å²) in [6.07, 6.45) is -2.44. The Hall–Kier alpha value is -2.91. The maximum absolute atomic E-state index is 12.9. The highest BCUT2D eigenvalue weighted by Crippen LogP contribution is 2.33. The average Bonchev–Trinajstić information content (AvgIpc) is 3.48. The van der Waals surface area contributed by atoms with Gasteiger partial charge >= 0.3 is 6.18 Å². The number of para-hydroxylation sites is 1. The summed E-state index contributed by atoms with van der Waals surface area (Å²) >= 11 is 1.30. The predicted molar refractivity (Wildman–Crippen MR) is 115 cm³/mol. The zero-order valence-electron chi connectivity index (χ0n) is 17.0. The van der Waals surface area contributed by atoms with E-state index in [0.717, 1.165) is 31.6 Å². The van der Waals surface area contributed by atoms with Gasteiger partial charge in [-0.15, -0.1) is 11.3 Å². The van der Waals surface area contributed by atoms with Crippen molar-refractivity contribution in [1.82, 2.24) is 10.3 Å². The van der Waals surface area contributed by atoms with E-state index in [-0.39, 0.29) is 18.6 Å². The first-order valence-electron chi connectivity index (χ1n) is 10.1. The highest BCUT2D eigenvalue weighted by atomic mass is 32.1. The molecule has 1 amide bonds. The molecular weight excluding hydrogens is 441 g/mol. The Morgan fingerprint density at radius 3 is 2.84 bits per heavy atom. The molecule has 2 aromatic carbocycles. The molecule has 1 N–H and O–H groups in total. The molecule has 1 fully saturated rings. The molecule has 4 rings (SSSR count). The molecule has 0 radical (unpaired) electrons. The molecule has 9 heteroatoms. The highest BCUT2D eigenvalue weighted by molar-refractivity contribution is 7.13. The van der Waals surface area contributed by atoms with Crippen LogP contribution in [-0.2, 0) is 17.5 Å². The molecule has 0 bridgehead atoms. The van der Waals surface area contributed by atoms with Gasteiger partial charge in [0.15, 0.2) is 0 Å². The predicted octanol–water partition coefficient (Wildman–Crippen LogP) is 5.32. The van der Waals surface area contributed by atoms with Gasteiger partial charge in [-0.2, -0.15) is 13.2 Å². The third kappa shape index (κ3) is 5.46. The van der Waals surface area contributed by atoms with Crippen LogP contribution in [0.4, 0.5) is 13.2 Å². The minimum atomic E-state index is -4.41. The van der Waals surface area contributed by atoms with Gasteiger partial charge in [0.2, 0.25) is 0 Å². The van der Waals surface area contributed by atoms with Gasteiger partial charge in [-0.05, 0) is 42.7 Å². The first-order valence-corrected chi connectivity index (χ1v) is 11.0. The number of aromatic nitrogens is 1. The molecule has 168 valence electrons. The molecule has 1 atom stereocenters. The SMILES string of the molecule is O=C(NC[C@@H]1CCCO1)c1csc(-c2ccccc2OCc2cccc(C(F)(F)F)c2)n1. The fraction of sp³-hybridized carbons (Fsp3) is 0.304. The first kappa shape index (κ1) is 22.3. The van der Waals surface area contributed by atoms with E-state index in [4.69, 9.17) is 9.47 Å². The summed E-state index contributed by atoms with van der Waals surface area (Å²) < 4.78 is 50.1. The van der Waals surface area contributed by atoms with Crippen molar-refractivity contribution in [3.63, 3.8) is 0 Å². The summed E-state index contributed by atoms with van der Waals surface area (Å²) in [6, 6.07) is 12.1. The number of nitrogens with one attached hydrogen (secondary N) is 1. The van der Waals surface area contributed by atoms with Gasteiger partial charge in [-0.1, -0.05) is 24.3 Å². The van der Waals surface area contributed by atoms with E-state index in [1.165, 1.54) is 17.4 Å². The molecule has 1 aliphatic rings. The van der Waals surface area contributed by atoms with Crippen molar-refractivity contribution in [2.45, 2.75) is 31.7 Å². The molecule has 0 aliphatic carbocycles. The minimum Gasteiger partial charge on any atom is -0.488 e. The quantitative estimate of drug-likeness (QED) is 0.517. The van der Waals surface area contributed by atoms with E-state index in [0.29, 0.717) is 34.1 Å². The first-order chi connectivity index (χ1) is 15.4. The maximum atomic E-state index is 12.9. The highest BCUT2D eigenvalue weighted by Gasteiger charge is 2.30. The van der Waals surface area contributed by atoms with Crippen molar-refractivity contribution < 1.29 is 27.4 Å². The van der Waals surface area contributed by atoms with Gasteiger partial charge in [0, 0.05) is 18.5 Å². The van der Waals surface area contributed by atoms with Crippen LogP contribution in [0.3, 0.4) is 0 Å². The molecule has 0 spiro atoms. The van der Waals surface area contributed by atoms with Crippen LogP contribution >= 0.6 is 11.3 Å². The van der Waals surface area contributed by atoms with Crippen LogP contribution in [0, 0.1) is 0 Å². The van der Waals surface area contributed by atoms with Crippen molar-refractivity contribution in [2.24, 2.45) is 0 Å². The molecule has 1 saturated heterocycles. The number of halogens is 3. The van der Waals surface area contributed by atoms with Crippen LogP contribution in [0.2, 0.25) is 0 Å². The van der Waals surface area contributed by atoms with Gasteiger partial charge < -0.3 is 14.8 Å². The van der Waals surface area contributed by atoms with Crippen LogP contribution in [0.1, 0.15) is 34.5 Å². The number of alkyl halides is 3. The molecule has 32 heavy (non-hydrogen) atoms. The summed E-state index contributed by atoms with van der Waals surface area (Å²) in [5.74, 6) is 0.205. The number of benzene rings is 2. The molecule has 1 aromatic heterocycles. The largest absolute Gasteiger partial charge is 0.488 e. The summed E-state index contributed by atoms with van der Waals surface area (Å²) in [7, 11) is 0. The molecule has 3 aromatic rings. The topological polar surface area (TPSA) is 60.5 Å². The van der Waals surface area contributed by atoms with Gasteiger partial charge in [-0.3, -0.25) is 4.79 Å². The van der Waals surface area contributed by atoms with Gasteiger partial charge in [0.25, 0.3) is 5.91 Å². The lowest BCUT2D eigenvalue weighted by Crippen LogP contribution is -2.31. The molecule has 2 heterocycles. The van der Waals surface area contributed by atoms with Crippen molar-refractivity contribution in [3.05, 3.63) is 70.7 Å². The van der Waals surface area contributed by atoms with Crippen LogP contribution < -0.4 is 10.1 Å². The second kappa shape index (κ2) is 9.70. The minimum absolute atomic E-state index is 0.0267. The average molecular weight is 462 g/mol. The van der Waals surface area contributed by atoms with E-state index in [1.807, 2.05) is 6.07 Å². The molecule has 1 aliphatic heterocycles. The Morgan fingerprint density at radius 1 is 1.22 bits per heavy atom. The van der Waals surface area contributed by atoms with Crippen LogP contribution in [0.25, 0.3) is 10.6 Å². The van der Waals surface area contributed by atoms with E-state index in [2.05, 4.69) is 10.3 Å². The van der Waals surface area contributed by atoms with E-state index in [9.17, 15) is 18.0 Å². The maximum Gasteiger partial charge on any atom is 0.416 e. The Morgan fingerprint density at radius 2 is 2.06 bits per heavy atom. The Balaban J connectivity index is 1.44. The number of hydrogen-bond acceptors (Lipinski definition) is 5. The lowest BCUT2D eigenvalue weighted by atomic mass is 10.1. The van der Waals surface area contributed by atoms with Gasteiger partial charge in [0.05, 0.1) is 17.2 Å². The second-order valence-electron chi connectivity index (χ2n) is 7.37.